The summed E-state index contributed by atoms with van der Waals surface area (Å²) in [5.74, 6) is -0.780. The number of amides is 2. The number of rotatable bonds is 12. The van der Waals surface area contributed by atoms with Crippen molar-refractivity contribution in [2.75, 3.05) is 10.8 Å². The highest BCUT2D eigenvalue weighted by atomic mass is 32.2. The lowest BCUT2D eigenvalue weighted by Gasteiger charge is -2.34. The predicted molar refractivity (Wildman–Crippen MR) is 176 cm³/mol. The number of benzene rings is 4. The van der Waals surface area contributed by atoms with Crippen LogP contribution in [0, 0.1) is 20.8 Å². The van der Waals surface area contributed by atoms with Crippen LogP contribution in [-0.2, 0) is 32.6 Å². The average molecular weight is 612 g/mol. The highest BCUT2D eigenvalue weighted by Crippen LogP contribution is 2.28. The summed E-state index contributed by atoms with van der Waals surface area (Å²) in [6.45, 7) is 9.08. The molecule has 1 unspecified atom stereocenters. The third-order valence-corrected chi connectivity index (χ3v) is 9.22. The number of carbonyl (C=O) groups excluding carboxylic acids is 2. The van der Waals surface area contributed by atoms with Crippen LogP contribution in [0.1, 0.15) is 41.7 Å². The Morgan fingerprint density at radius 3 is 1.89 bits per heavy atom. The van der Waals surface area contributed by atoms with Crippen molar-refractivity contribution in [3.63, 3.8) is 0 Å². The van der Waals surface area contributed by atoms with Gasteiger partial charge in [-0.05, 0) is 69.5 Å². The second-order valence-corrected chi connectivity index (χ2v) is 13.3. The minimum absolute atomic E-state index is 0.0858. The molecule has 0 aromatic heterocycles. The van der Waals surface area contributed by atoms with Gasteiger partial charge >= 0.3 is 0 Å². The standard InChI is InChI=1S/C36H41N3O4S/c1-26(2)37-36(41)34(23-30-12-7-6-8-13-30)38(24-31-19-15-27(3)16-20-31)35(40)25-39(33-14-10-9-11-29(33)5)44(42,43)32-21-17-28(4)18-22-32/h6-22,26,34H,23-25H2,1-5H3,(H,37,41). The van der Waals surface area contributed by atoms with Crippen LogP contribution < -0.4 is 9.62 Å². The minimum Gasteiger partial charge on any atom is -0.352 e. The van der Waals surface area contributed by atoms with E-state index in [1.54, 1.807) is 36.4 Å². The molecule has 0 radical (unpaired) electrons. The number of nitrogens with one attached hydrogen (secondary N) is 1. The molecule has 44 heavy (non-hydrogen) atoms. The predicted octanol–water partition coefficient (Wildman–Crippen LogP) is 5.97. The number of carbonyl (C=O) groups is 2. The maximum Gasteiger partial charge on any atom is 0.264 e. The van der Waals surface area contributed by atoms with Gasteiger partial charge in [0.25, 0.3) is 10.0 Å². The third-order valence-electron chi connectivity index (χ3n) is 7.45. The molecule has 4 aromatic carbocycles. The first-order valence-corrected chi connectivity index (χ1v) is 16.2. The van der Waals surface area contributed by atoms with Gasteiger partial charge in [0.05, 0.1) is 10.6 Å². The van der Waals surface area contributed by atoms with E-state index in [1.165, 1.54) is 4.90 Å². The summed E-state index contributed by atoms with van der Waals surface area (Å²) in [6, 6.07) is 30.0. The van der Waals surface area contributed by atoms with Gasteiger partial charge in [-0.1, -0.05) is 96.1 Å². The van der Waals surface area contributed by atoms with Crippen LogP contribution in [-0.4, -0.2) is 43.8 Å². The van der Waals surface area contributed by atoms with Gasteiger partial charge in [0, 0.05) is 19.0 Å². The Morgan fingerprint density at radius 1 is 0.727 bits per heavy atom. The summed E-state index contributed by atoms with van der Waals surface area (Å²) in [4.78, 5) is 29.9. The van der Waals surface area contributed by atoms with Crippen molar-refractivity contribution in [1.82, 2.24) is 10.2 Å². The van der Waals surface area contributed by atoms with Gasteiger partial charge < -0.3 is 10.2 Å². The van der Waals surface area contributed by atoms with Crippen LogP contribution in [0.4, 0.5) is 5.69 Å². The van der Waals surface area contributed by atoms with Crippen molar-refractivity contribution in [3.05, 3.63) is 131 Å². The summed E-state index contributed by atoms with van der Waals surface area (Å²) in [7, 11) is -4.14. The van der Waals surface area contributed by atoms with Gasteiger partial charge in [-0.15, -0.1) is 0 Å². The number of hydrogen-bond donors (Lipinski definition) is 1. The number of hydrogen-bond acceptors (Lipinski definition) is 4. The number of para-hydroxylation sites is 1. The molecular formula is C36H41N3O4S. The second-order valence-electron chi connectivity index (χ2n) is 11.5. The Morgan fingerprint density at radius 2 is 1.30 bits per heavy atom. The molecule has 2 amide bonds. The quantitative estimate of drug-likeness (QED) is 0.214. The zero-order valence-electron chi connectivity index (χ0n) is 26.0. The number of nitrogens with zero attached hydrogens (tertiary/aromatic N) is 2. The zero-order valence-corrected chi connectivity index (χ0v) is 26.8. The molecule has 0 bridgehead atoms. The van der Waals surface area contributed by atoms with Crippen molar-refractivity contribution < 1.29 is 18.0 Å². The van der Waals surface area contributed by atoms with E-state index in [0.717, 1.165) is 26.6 Å². The Hall–Kier alpha value is -4.43. The molecule has 0 fully saturated rings. The van der Waals surface area contributed by atoms with Crippen LogP contribution in [0.5, 0.6) is 0 Å². The molecule has 0 aliphatic rings. The van der Waals surface area contributed by atoms with Crippen molar-refractivity contribution in [3.8, 4) is 0 Å². The minimum atomic E-state index is -4.14. The summed E-state index contributed by atoms with van der Waals surface area (Å²) < 4.78 is 29.5. The largest absolute Gasteiger partial charge is 0.352 e. The molecule has 0 spiro atoms. The molecule has 0 heterocycles. The molecule has 7 nitrogen and oxygen atoms in total. The van der Waals surface area contributed by atoms with E-state index >= 15 is 0 Å². The summed E-state index contributed by atoms with van der Waals surface area (Å²) >= 11 is 0. The average Bonchev–Trinajstić information content (AvgIpc) is 2.99. The van der Waals surface area contributed by atoms with E-state index < -0.39 is 28.5 Å². The Bertz CT molecular complexity index is 1670. The number of aryl methyl sites for hydroxylation is 3. The molecule has 4 aromatic rings. The zero-order chi connectivity index (χ0) is 31.9. The third kappa shape index (κ3) is 8.14. The van der Waals surface area contributed by atoms with Crippen molar-refractivity contribution in [2.24, 2.45) is 0 Å². The molecule has 1 N–H and O–H groups in total. The van der Waals surface area contributed by atoms with E-state index in [0.29, 0.717) is 11.3 Å². The smallest absolute Gasteiger partial charge is 0.264 e. The Kier molecular flexibility index (Phi) is 10.6. The van der Waals surface area contributed by atoms with Gasteiger partial charge in [-0.25, -0.2) is 8.42 Å². The normalized spacial score (nSPS) is 12.0. The van der Waals surface area contributed by atoms with Crippen LogP contribution in [0.25, 0.3) is 0 Å². The van der Waals surface area contributed by atoms with Crippen molar-refractivity contribution >= 4 is 27.5 Å². The van der Waals surface area contributed by atoms with Gasteiger partial charge in [0.15, 0.2) is 0 Å². The lowest BCUT2D eigenvalue weighted by Crippen LogP contribution is -2.54. The van der Waals surface area contributed by atoms with Crippen LogP contribution in [0.2, 0.25) is 0 Å². The summed E-state index contributed by atoms with van der Waals surface area (Å²) in [5, 5.41) is 2.98. The molecule has 0 saturated heterocycles. The SMILES string of the molecule is Cc1ccc(CN(C(=O)CN(c2ccccc2C)S(=O)(=O)c2ccc(C)cc2)C(Cc2ccccc2)C(=O)NC(C)C)cc1. The molecule has 230 valence electrons. The van der Waals surface area contributed by atoms with Crippen LogP contribution in [0.3, 0.4) is 0 Å². The number of sulfonamides is 1. The molecular weight excluding hydrogens is 570 g/mol. The molecule has 0 aliphatic carbocycles. The monoisotopic (exact) mass is 611 g/mol. The number of anilines is 1. The fraction of sp³-hybridized carbons (Fsp3) is 0.278. The molecule has 0 aliphatic heterocycles. The first-order valence-electron chi connectivity index (χ1n) is 14.8. The fourth-order valence-corrected chi connectivity index (χ4v) is 6.50. The molecule has 0 saturated carbocycles. The van der Waals surface area contributed by atoms with E-state index in [4.69, 9.17) is 0 Å². The van der Waals surface area contributed by atoms with Crippen molar-refractivity contribution in [2.45, 2.75) is 64.6 Å². The van der Waals surface area contributed by atoms with Gasteiger partial charge in [-0.3, -0.25) is 13.9 Å². The second kappa shape index (κ2) is 14.4. The molecule has 1 atom stereocenters. The molecule has 4 rings (SSSR count). The Balaban J connectivity index is 1.81. The van der Waals surface area contributed by atoms with E-state index in [1.807, 2.05) is 101 Å². The lowest BCUT2D eigenvalue weighted by molar-refractivity contribution is -0.140. The molecule has 8 heteroatoms. The van der Waals surface area contributed by atoms with Gasteiger partial charge in [-0.2, -0.15) is 0 Å². The maximum absolute atomic E-state index is 14.5. The van der Waals surface area contributed by atoms with Crippen LogP contribution >= 0.6 is 0 Å². The lowest BCUT2D eigenvalue weighted by atomic mass is 10.0. The fourth-order valence-electron chi connectivity index (χ4n) is 5.02. The van der Waals surface area contributed by atoms with Crippen LogP contribution in [0.15, 0.2) is 108 Å². The maximum atomic E-state index is 14.5. The first kappa shape index (κ1) is 32.5. The topological polar surface area (TPSA) is 86.8 Å². The van der Waals surface area contributed by atoms with Gasteiger partial charge in [0.2, 0.25) is 11.8 Å². The van der Waals surface area contributed by atoms with Gasteiger partial charge in [0.1, 0.15) is 12.6 Å². The summed E-state index contributed by atoms with van der Waals surface area (Å²) in [5.41, 5.74) is 4.83. The highest BCUT2D eigenvalue weighted by Gasteiger charge is 2.35. The van der Waals surface area contributed by atoms with E-state index in [-0.39, 0.29) is 29.8 Å². The van der Waals surface area contributed by atoms with Crippen molar-refractivity contribution in [1.29, 1.82) is 0 Å². The summed E-state index contributed by atoms with van der Waals surface area (Å²) in [6.07, 6.45) is 0.270. The Labute approximate surface area is 261 Å². The van der Waals surface area contributed by atoms with E-state index in [9.17, 15) is 18.0 Å². The first-order chi connectivity index (χ1) is 21.0. The van der Waals surface area contributed by atoms with E-state index in [2.05, 4.69) is 5.32 Å². The highest BCUT2D eigenvalue weighted by molar-refractivity contribution is 7.92.